The van der Waals surface area contributed by atoms with E-state index in [0.29, 0.717) is 4.99 Å². The minimum absolute atomic E-state index is 0.395. The molecule has 0 saturated heterocycles. The molecule has 0 aliphatic rings. The standard InChI is InChI=1S/C15H17ClN2OS2/c1-18(9-12-4-6-14(16)21-12)8-11-7-10(15(17)20)3-5-13(11)19-2/h3-7H,8-9H2,1-2H3,(H2,17,20). The second kappa shape index (κ2) is 7.22. The van der Waals surface area contributed by atoms with E-state index in [1.165, 1.54) is 4.88 Å². The summed E-state index contributed by atoms with van der Waals surface area (Å²) < 4.78 is 6.22. The predicted molar refractivity (Wildman–Crippen MR) is 93.4 cm³/mol. The van der Waals surface area contributed by atoms with E-state index in [-0.39, 0.29) is 0 Å². The molecule has 0 fully saturated rings. The average molecular weight is 341 g/mol. The maximum absolute atomic E-state index is 5.96. The lowest BCUT2D eigenvalue weighted by molar-refractivity contribution is 0.312. The van der Waals surface area contributed by atoms with Crippen LogP contribution in [0.2, 0.25) is 4.34 Å². The smallest absolute Gasteiger partial charge is 0.123 e. The number of nitrogens with two attached hydrogens (primary N) is 1. The largest absolute Gasteiger partial charge is 0.496 e. The summed E-state index contributed by atoms with van der Waals surface area (Å²) in [5.41, 5.74) is 7.61. The summed E-state index contributed by atoms with van der Waals surface area (Å²) in [5, 5.41) is 0. The van der Waals surface area contributed by atoms with Crippen LogP contribution in [0.1, 0.15) is 16.0 Å². The molecule has 1 heterocycles. The van der Waals surface area contributed by atoms with E-state index < -0.39 is 0 Å². The van der Waals surface area contributed by atoms with Crippen molar-refractivity contribution in [1.82, 2.24) is 4.90 Å². The fourth-order valence-corrected chi connectivity index (χ4v) is 3.40. The summed E-state index contributed by atoms with van der Waals surface area (Å²) in [6, 6.07) is 9.73. The van der Waals surface area contributed by atoms with Crippen LogP contribution in [-0.4, -0.2) is 24.0 Å². The van der Waals surface area contributed by atoms with Gasteiger partial charge in [0.05, 0.1) is 11.4 Å². The molecule has 112 valence electrons. The molecule has 3 nitrogen and oxygen atoms in total. The topological polar surface area (TPSA) is 38.5 Å². The number of hydrogen-bond donors (Lipinski definition) is 1. The minimum Gasteiger partial charge on any atom is -0.496 e. The van der Waals surface area contributed by atoms with E-state index in [1.54, 1.807) is 18.4 Å². The molecule has 0 amide bonds. The van der Waals surface area contributed by atoms with Crippen molar-refractivity contribution >= 4 is 40.1 Å². The molecule has 21 heavy (non-hydrogen) atoms. The van der Waals surface area contributed by atoms with Crippen molar-refractivity contribution in [2.24, 2.45) is 5.73 Å². The van der Waals surface area contributed by atoms with Crippen LogP contribution >= 0.6 is 35.2 Å². The molecular formula is C15H17ClN2OS2. The van der Waals surface area contributed by atoms with Crippen molar-refractivity contribution in [3.63, 3.8) is 0 Å². The minimum atomic E-state index is 0.395. The van der Waals surface area contributed by atoms with Gasteiger partial charge in [-0.2, -0.15) is 0 Å². The zero-order chi connectivity index (χ0) is 15.4. The molecule has 1 aromatic heterocycles. The van der Waals surface area contributed by atoms with Crippen LogP contribution in [0, 0.1) is 0 Å². The monoisotopic (exact) mass is 340 g/mol. The Hall–Kier alpha value is -1.14. The molecule has 0 unspecified atom stereocenters. The van der Waals surface area contributed by atoms with Crippen LogP contribution in [0.4, 0.5) is 0 Å². The number of methoxy groups -OCH3 is 1. The molecule has 1 aromatic carbocycles. The van der Waals surface area contributed by atoms with Crippen LogP contribution in [-0.2, 0) is 13.1 Å². The highest BCUT2D eigenvalue weighted by Gasteiger charge is 2.10. The highest BCUT2D eigenvalue weighted by Crippen LogP contribution is 2.25. The van der Waals surface area contributed by atoms with Crippen molar-refractivity contribution in [2.75, 3.05) is 14.2 Å². The number of rotatable bonds is 6. The normalized spacial score (nSPS) is 10.9. The third-order valence-electron chi connectivity index (χ3n) is 3.06. The summed E-state index contributed by atoms with van der Waals surface area (Å²) in [4.78, 5) is 3.82. The molecule has 0 aliphatic heterocycles. The molecule has 0 bridgehead atoms. The van der Waals surface area contributed by atoms with Crippen LogP contribution in [0.15, 0.2) is 30.3 Å². The van der Waals surface area contributed by atoms with Crippen LogP contribution in [0.5, 0.6) is 5.75 Å². The third-order valence-corrected chi connectivity index (χ3v) is 4.51. The molecule has 2 rings (SSSR count). The number of nitrogens with zero attached hydrogens (tertiary/aromatic N) is 1. The zero-order valence-corrected chi connectivity index (χ0v) is 14.3. The van der Waals surface area contributed by atoms with Crippen LogP contribution in [0.3, 0.4) is 0 Å². The van der Waals surface area contributed by atoms with Gasteiger partial charge in [-0.05, 0) is 37.4 Å². The second-order valence-electron chi connectivity index (χ2n) is 4.77. The Morgan fingerprint density at radius 1 is 1.33 bits per heavy atom. The summed E-state index contributed by atoms with van der Waals surface area (Å²) >= 11 is 12.6. The molecule has 0 atom stereocenters. The highest BCUT2D eigenvalue weighted by molar-refractivity contribution is 7.80. The number of thiophene rings is 1. The second-order valence-corrected chi connectivity index (χ2v) is 7.01. The van der Waals surface area contributed by atoms with Gasteiger partial charge >= 0.3 is 0 Å². The Morgan fingerprint density at radius 3 is 2.67 bits per heavy atom. The Labute approximate surface area is 139 Å². The molecule has 6 heteroatoms. The first-order chi connectivity index (χ1) is 9.99. The molecule has 0 radical (unpaired) electrons. The lowest BCUT2D eigenvalue weighted by atomic mass is 10.1. The summed E-state index contributed by atoms with van der Waals surface area (Å²) in [7, 11) is 3.72. The SMILES string of the molecule is COc1ccc(C(N)=S)cc1CN(C)Cc1ccc(Cl)s1. The molecule has 0 saturated carbocycles. The Morgan fingerprint density at radius 2 is 2.10 bits per heavy atom. The van der Waals surface area contributed by atoms with E-state index in [9.17, 15) is 0 Å². The lowest BCUT2D eigenvalue weighted by Gasteiger charge is -2.18. The van der Waals surface area contributed by atoms with Gasteiger partial charge in [0.15, 0.2) is 0 Å². The quantitative estimate of drug-likeness (QED) is 0.814. The van der Waals surface area contributed by atoms with Gasteiger partial charge in [-0.25, -0.2) is 0 Å². The van der Waals surface area contributed by atoms with Crippen LogP contribution < -0.4 is 10.5 Å². The summed E-state index contributed by atoms with van der Waals surface area (Å²) in [6.45, 7) is 1.58. The molecule has 0 spiro atoms. The van der Waals surface area contributed by atoms with Crippen molar-refractivity contribution in [2.45, 2.75) is 13.1 Å². The summed E-state index contributed by atoms with van der Waals surface area (Å²) in [5.74, 6) is 0.839. The third kappa shape index (κ3) is 4.41. The fraction of sp³-hybridized carbons (Fsp3) is 0.267. The molecule has 2 aromatic rings. The van der Waals surface area contributed by atoms with Gasteiger partial charge in [-0.3, -0.25) is 4.90 Å². The number of hydrogen-bond acceptors (Lipinski definition) is 4. The fourth-order valence-electron chi connectivity index (χ4n) is 2.10. The van der Waals surface area contributed by atoms with Gasteiger partial charge in [-0.15, -0.1) is 11.3 Å². The van der Waals surface area contributed by atoms with Gasteiger partial charge in [0, 0.05) is 29.1 Å². The van der Waals surface area contributed by atoms with E-state index in [4.69, 9.17) is 34.3 Å². The first-order valence-corrected chi connectivity index (χ1v) is 7.99. The van der Waals surface area contributed by atoms with Crippen LogP contribution in [0.25, 0.3) is 0 Å². The molecular weight excluding hydrogens is 324 g/mol. The maximum atomic E-state index is 5.96. The van der Waals surface area contributed by atoms with Gasteiger partial charge in [0.2, 0.25) is 0 Å². The number of thiocarbonyl (C=S) groups is 1. The van der Waals surface area contributed by atoms with Gasteiger partial charge < -0.3 is 10.5 Å². The Bertz CT molecular complexity index is 642. The van der Waals surface area contributed by atoms with E-state index in [2.05, 4.69) is 11.9 Å². The predicted octanol–water partition coefficient (Wildman–Crippen LogP) is 3.68. The Balaban J connectivity index is 2.13. The van der Waals surface area contributed by atoms with Crippen molar-refractivity contribution in [3.8, 4) is 5.75 Å². The average Bonchev–Trinajstić information content (AvgIpc) is 2.83. The summed E-state index contributed by atoms with van der Waals surface area (Å²) in [6.07, 6.45) is 0. The molecule has 2 N–H and O–H groups in total. The van der Waals surface area contributed by atoms with Crippen molar-refractivity contribution < 1.29 is 4.74 Å². The highest BCUT2D eigenvalue weighted by atomic mass is 35.5. The zero-order valence-electron chi connectivity index (χ0n) is 11.9. The van der Waals surface area contributed by atoms with E-state index in [1.807, 2.05) is 30.3 Å². The van der Waals surface area contributed by atoms with E-state index in [0.717, 1.165) is 34.3 Å². The van der Waals surface area contributed by atoms with Gasteiger partial charge in [-0.1, -0.05) is 23.8 Å². The number of halogens is 1. The Kier molecular flexibility index (Phi) is 5.58. The first-order valence-electron chi connectivity index (χ1n) is 6.39. The van der Waals surface area contributed by atoms with Gasteiger partial charge in [0.25, 0.3) is 0 Å². The lowest BCUT2D eigenvalue weighted by Crippen LogP contribution is -2.18. The molecule has 0 aliphatic carbocycles. The number of benzene rings is 1. The number of ether oxygens (including phenoxy) is 1. The van der Waals surface area contributed by atoms with Crippen molar-refractivity contribution in [1.29, 1.82) is 0 Å². The van der Waals surface area contributed by atoms with Crippen molar-refractivity contribution in [3.05, 3.63) is 50.7 Å². The first kappa shape index (κ1) is 16.2. The van der Waals surface area contributed by atoms with Gasteiger partial charge in [0.1, 0.15) is 10.7 Å². The van der Waals surface area contributed by atoms with E-state index >= 15 is 0 Å². The maximum Gasteiger partial charge on any atom is 0.123 e.